The van der Waals surface area contributed by atoms with Gasteiger partial charge in [0.05, 0.1) is 10.6 Å². The molecule has 1 aliphatic carbocycles. The SMILES string of the molecule is CC(C)CC(CNC1CCCC1)N(C)S(=O)(=O)c1cc(-c2cccc(C(=O)OC(C)(C)C)c2)c(Cl)cc1F. The fourth-order valence-electron chi connectivity index (χ4n) is 4.79. The zero-order valence-electron chi connectivity index (χ0n) is 23.2. The summed E-state index contributed by atoms with van der Waals surface area (Å²) in [6.45, 7) is 9.90. The predicted molar refractivity (Wildman–Crippen MR) is 150 cm³/mol. The minimum absolute atomic E-state index is 0.0482. The molecule has 1 saturated carbocycles. The second kappa shape index (κ2) is 12.5. The van der Waals surface area contributed by atoms with Crippen molar-refractivity contribution >= 4 is 27.6 Å². The van der Waals surface area contributed by atoms with Gasteiger partial charge in [0.15, 0.2) is 0 Å². The van der Waals surface area contributed by atoms with Gasteiger partial charge in [-0.1, -0.05) is 50.4 Å². The number of nitrogens with one attached hydrogen (secondary N) is 1. The van der Waals surface area contributed by atoms with E-state index in [9.17, 15) is 13.2 Å². The lowest BCUT2D eigenvalue weighted by molar-refractivity contribution is 0.00695. The van der Waals surface area contributed by atoms with Crippen molar-refractivity contribution in [2.45, 2.75) is 89.3 Å². The van der Waals surface area contributed by atoms with Crippen LogP contribution < -0.4 is 5.32 Å². The van der Waals surface area contributed by atoms with Gasteiger partial charge in [-0.15, -0.1) is 0 Å². The lowest BCUT2D eigenvalue weighted by Crippen LogP contribution is -2.46. The van der Waals surface area contributed by atoms with Crippen LogP contribution >= 0.6 is 11.6 Å². The number of sulfonamides is 1. The molecular weight excluding hydrogens is 527 g/mol. The Morgan fingerprint density at radius 2 is 1.84 bits per heavy atom. The molecule has 1 aliphatic rings. The van der Waals surface area contributed by atoms with E-state index in [2.05, 4.69) is 5.32 Å². The Hall–Kier alpha value is -2.00. The van der Waals surface area contributed by atoms with Gasteiger partial charge in [-0.3, -0.25) is 0 Å². The van der Waals surface area contributed by atoms with Crippen molar-refractivity contribution in [1.29, 1.82) is 0 Å². The highest BCUT2D eigenvalue weighted by Gasteiger charge is 2.32. The number of esters is 1. The van der Waals surface area contributed by atoms with Crippen LogP contribution in [0.3, 0.4) is 0 Å². The largest absolute Gasteiger partial charge is 0.456 e. The van der Waals surface area contributed by atoms with Crippen molar-refractivity contribution in [3.63, 3.8) is 0 Å². The summed E-state index contributed by atoms with van der Waals surface area (Å²) in [6, 6.07) is 8.85. The van der Waals surface area contributed by atoms with E-state index < -0.39 is 32.3 Å². The molecule has 0 saturated heterocycles. The summed E-state index contributed by atoms with van der Waals surface area (Å²) >= 11 is 6.38. The van der Waals surface area contributed by atoms with Gasteiger partial charge in [0, 0.05) is 31.2 Å². The molecule has 2 aromatic rings. The van der Waals surface area contributed by atoms with Crippen molar-refractivity contribution < 1.29 is 22.3 Å². The van der Waals surface area contributed by atoms with Crippen LogP contribution in [0.15, 0.2) is 41.3 Å². The van der Waals surface area contributed by atoms with E-state index >= 15 is 4.39 Å². The van der Waals surface area contributed by atoms with Crippen LogP contribution in [0.4, 0.5) is 4.39 Å². The standard InChI is InChI=1S/C29H40ClFN2O4S/c1-19(2)14-23(18-32-22-12-7-8-13-22)33(6)38(35,36)27-16-24(25(30)17-26(27)31)20-10-9-11-21(15-20)28(34)37-29(3,4)5/h9-11,15-17,19,22-23,32H,7-8,12-14,18H2,1-6H3. The molecule has 0 amide bonds. The number of halogens is 2. The highest BCUT2D eigenvalue weighted by molar-refractivity contribution is 7.89. The Labute approximate surface area is 232 Å². The van der Waals surface area contributed by atoms with Crippen LogP contribution in [0.1, 0.15) is 77.1 Å². The molecule has 3 rings (SSSR count). The lowest BCUT2D eigenvalue weighted by atomic mass is 10.0. The number of benzene rings is 2. The number of nitrogens with zero attached hydrogens (tertiary/aromatic N) is 1. The van der Waals surface area contributed by atoms with Gasteiger partial charge in [-0.2, -0.15) is 4.31 Å². The third kappa shape index (κ3) is 7.78. The number of hydrogen-bond donors (Lipinski definition) is 1. The molecule has 0 aliphatic heterocycles. The van der Waals surface area contributed by atoms with Crippen LogP contribution in [0.5, 0.6) is 0 Å². The molecule has 210 valence electrons. The molecule has 6 nitrogen and oxygen atoms in total. The van der Waals surface area contributed by atoms with Crippen LogP contribution in [-0.2, 0) is 14.8 Å². The molecule has 1 unspecified atom stereocenters. The zero-order valence-corrected chi connectivity index (χ0v) is 24.8. The molecule has 0 bridgehead atoms. The van der Waals surface area contributed by atoms with Crippen molar-refractivity contribution in [1.82, 2.24) is 9.62 Å². The molecule has 9 heteroatoms. The first-order valence-electron chi connectivity index (χ1n) is 13.2. The second-order valence-electron chi connectivity index (χ2n) is 11.5. The monoisotopic (exact) mass is 566 g/mol. The summed E-state index contributed by atoms with van der Waals surface area (Å²) < 4.78 is 49.4. The highest BCUT2D eigenvalue weighted by atomic mass is 35.5. The Kier molecular flexibility index (Phi) is 10.0. The van der Waals surface area contributed by atoms with Crippen molar-refractivity contribution in [2.75, 3.05) is 13.6 Å². The molecular formula is C29H40ClFN2O4S. The van der Waals surface area contributed by atoms with E-state index in [1.54, 1.807) is 45.0 Å². The Morgan fingerprint density at radius 1 is 1.18 bits per heavy atom. The first-order chi connectivity index (χ1) is 17.7. The van der Waals surface area contributed by atoms with E-state index in [-0.39, 0.29) is 22.5 Å². The van der Waals surface area contributed by atoms with Gasteiger partial charge in [-0.05, 0) is 75.8 Å². The van der Waals surface area contributed by atoms with E-state index in [0.717, 1.165) is 18.9 Å². The average molecular weight is 567 g/mol. The molecule has 0 aromatic heterocycles. The van der Waals surface area contributed by atoms with Crippen molar-refractivity contribution in [3.05, 3.63) is 52.8 Å². The maximum absolute atomic E-state index is 15.2. The van der Waals surface area contributed by atoms with E-state index in [1.165, 1.54) is 30.3 Å². The Bertz CT molecular complexity index is 1240. The predicted octanol–water partition coefficient (Wildman–Crippen LogP) is 6.67. The highest BCUT2D eigenvalue weighted by Crippen LogP contribution is 2.34. The van der Waals surface area contributed by atoms with Gasteiger partial charge < -0.3 is 10.1 Å². The zero-order chi connectivity index (χ0) is 28.3. The van der Waals surface area contributed by atoms with Crippen LogP contribution in [0.2, 0.25) is 5.02 Å². The first-order valence-corrected chi connectivity index (χ1v) is 15.0. The maximum Gasteiger partial charge on any atom is 0.338 e. The summed E-state index contributed by atoms with van der Waals surface area (Å²) in [7, 11) is -2.68. The molecule has 2 aromatic carbocycles. The quantitative estimate of drug-likeness (QED) is 0.325. The van der Waals surface area contributed by atoms with E-state index in [4.69, 9.17) is 16.3 Å². The van der Waals surface area contributed by atoms with Gasteiger partial charge in [0.1, 0.15) is 16.3 Å². The van der Waals surface area contributed by atoms with E-state index in [1.807, 2.05) is 13.8 Å². The van der Waals surface area contributed by atoms with Crippen LogP contribution in [0, 0.1) is 11.7 Å². The molecule has 0 spiro atoms. The number of hydrogen-bond acceptors (Lipinski definition) is 5. The molecule has 38 heavy (non-hydrogen) atoms. The number of carbonyl (C=O) groups excluding carboxylic acids is 1. The number of rotatable bonds is 10. The summed E-state index contributed by atoms with van der Waals surface area (Å²) in [5.41, 5.74) is 0.411. The Balaban J connectivity index is 1.95. The first kappa shape index (κ1) is 30.5. The topological polar surface area (TPSA) is 75.7 Å². The van der Waals surface area contributed by atoms with Gasteiger partial charge in [-0.25, -0.2) is 17.6 Å². The van der Waals surface area contributed by atoms with Crippen molar-refractivity contribution in [2.24, 2.45) is 5.92 Å². The van der Waals surface area contributed by atoms with Crippen LogP contribution in [-0.4, -0.2) is 50.0 Å². The van der Waals surface area contributed by atoms with Gasteiger partial charge >= 0.3 is 5.97 Å². The number of likely N-dealkylation sites (N-methyl/N-ethyl adjacent to an activating group) is 1. The minimum atomic E-state index is -4.19. The molecule has 1 atom stereocenters. The second-order valence-corrected chi connectivity index (χ2v) is 13.9. The maximum atomic E-state index is 15.2. The number of carbonyl (C=O) groups is 1. The lowest BCUT2D eigenvalue weighted by Gasteiger charge is -2.30. The summed E-state index contributed by atoms with van der Waals surface area (Å²) in [6.07, 6.45) is 5.16. The summed E-state index contributed by atoms with van der Waals surface area (Å²) in [4.78, 5) is 12.1. The van der Waals surface area contributed by atoms with Gasteiger partial charge in [0.2, 0.25) is 10.0 Å². The molecule has 0 heterocycles. The van der Waals surface area contributed by atoms with Crippen LogP contribution in [0.25, 0.3) is 11.1 Å². The fraction of sp³-hybridized carbons (Fsp3) is 0.552. The number of ether oxygens (including phenoxy) is 1. The third-order valence-corrected chi connectivity index (χ3v) is 8.98. The summed E-state index contributed by atoms with van der Waals surface area (Å²) in [5, 5.41) is 3.57. The fourth-order valence-corrected chi connectivity index (χ4v) is 6.48. The Morgan fingerprint density at radius 3 is 2.45 bits per heavy atom. The normalized spacial score (nSPS) is 15.8. The minimum Gasteiger partial charge on any atom is -0.456 e. The van der Waals surface area contributed by atoms with Crippen molar-refractivity contribution in [3.8, 4) is 11.1 Å². The third-order valence-electron chi connectivity index (χ3n) is 6.74. The average Bonchev–Trinajstić information content (AvgIpc) is 3.33. The molecule has 1 N–H and O–H groups in total. The summed E-state index contributed by atoms with van der Waals surface area (Å²) in [5.74, 6) is -1.18. The molecule has 0 radical (unpaired) electrons. The van der Waals surface area contributed by atoms with E-state index in [0.29, 0.717) is 30.1 Å². The smallest absolute Gasteiger partial charge is 0.338 e. The molecule has 1 fully saturated rings. The van der Waals surface area contributed by atoms with Gasteiger partial charge in [0.25, 0.3) is 0 Å².